The lowest BCUT2D eigenvalue weighted by Gasteiger charge is -2.23. The number of carbonyl (C=O) groups excluding carboxylic acids is 1. The van der Waals surface area contributed by atoms with Gasteiger partial charge in [0, 0.05) is 18.7 Å². The van der Waals surface area contributed by atoms with Gasteiger partial charge >= 0.3 is 6.18 Å². The minimum Gasteiger partial charge on any atom is -0.339 e. The van der Waals surface area contributed by atoms with Crippen LogP contribution in [0, 0.1) is 0 Å². The summed E-state index contributed by atoms with van der Waals surface area (Å²) in [5.41, 5.74) is -0.631. The molecule has 0 saturated carbocycles. The number of rotatable bonds is 21. The molecule has 0 aliphatic rings. The van der Waals surface area contributed by atoms with Crippen molar-refractivity contribution < 1.29 is 18.0 Å². The molecule has 0 aliphatic carbocycles. The van der Waals surface area contributed by atoms with E-state index in [-0.39, 0.29) is 11.5 Å². The number of alkyl halides is 3. The van der Waals surface area contributed by atoms with Crippen LogP contribution in [0.2, 0.25) is 0 Å². The Morgan fingerprint density at radius 2 is 1.09 bits per heavy atom. The van der Waals surface area contributed by atoms with Crippen LogP contribution in [0.25, 0.3) is 0 Å². The second-order valence-electron chi connectivity index (χ2n) is 10.0. The third-order valence-electron chi connectivity index (χ3n) is 6.79. The third kappa shape index (κ3) is 15.3. The van der Waals surface area contributed by atoms with Crippen molar-refractivity contribution in [2.24, 2.45) is 0 Å². The maximum Gasteiger partial charge on any atom is 0.416 e. The molecule has 2 nitrogen and oxygen atoms in total. The van der Waals surface area contributed by atoms with Crippen LogP contribution >= 0.6 is 0 Å². The minimum absolute atomic E-state index is 0.132. The maximum absolute atomic E-state index is 13.0. The molecule has 0 unspecified atom stereocenters. The van der Waals surface area contributed by atoms with Crippen LogP contribution in [0.15, 0.2) is 24.3 Å². The summed E-state index contributed by atoms with van der Waals surface area (Å²) in [6.07, 6.45) is 18.1. The molecule has 0 saturated heterocycles. The molecular formula is C30H50F3NO. The Hall–Kier alpha value is -1.52. The van der Waals surface area contributed by atoms with Gasteiger partial charge in [0.15, 0.2) is 0 Å². The van der Waals surface area contributed by atoms with Gasteiger partial charge in [0.05, 0.1) is 5.56 Å². The fraction of sp³-hybridized carbons (Fsp3) is 0.767. The molecule has 1 aromatic rings. The molecule has 0 N–H and O–H groups in total. The van der Waals surface area contributed by atoms with Gasteiger partial charge in [-0.05, 0) is 31.0 Å². The smallest absolute Gasteiger partial charge is 0.339 e. The van der Waals surface area contributed by atoms with Crippen LogP contribution in [0.4, 0.5) is 13.2 Å². The van der Waals surface area contributed by atoms with Crippen LogP contribution in [-0.4, -0.2) is 23.9 Å². The Balaban J connectivity index is 2.17. The first-order valence-electron chi connectivity index (χ1n) is 14.4. The number of nitrogens with zero attached hydrogens (tertiary/aromatic N) is 1. The first-order chi connectivity index (χ1) is 16.9. The van der Waals surface area contributed by atoms with Crippen LogP contribution in [0.5, 0.6) is 0 Å². The summed E-state index contributed by atoms with van der Waals surface area (Å²) in [5.74, 6) is -0.287. The Morgan fingerprint density at radius 1 is 0.657 bits per heavy atom. The molecule has 0 bridgehead atoms. The number of hydrogen-bond donors (Lipinski definition) is 0. The van der Waals surface area contributed by atoms with Gasteiger partial charge in [0.1, 0.15) is 0 Å². The average Bonchev–Trinajstić information content (AvgIpc) is 2.84. The summed E-state index contributed by atoms with van der Waals surface area (Å²) in [6.45, 7) is 5.54. The molecular weight excluding hydrogens is 447 g/mol. The van der Waals surface area contributed by atoms with E-state index < -0.39 is 11.7 Å². The molecule has 0 spiro atoms. The molecule has 202 valence electrons. The summed E-state index contributed by atoms with van der Waals surface area (Å²) >= 11 is 0. The van der Waals surface area contributed by atoms with Crippen molar-refractivity contribution in [3.63, 3.8) is 0 Å². The molecule has 5 heteroatoms. The second kappa shape index (κ2) is 19.6. The zero-order valence-corrected chi connectivity index (χ0v) is 22.4. The lowest BCUT2D eigenvalue weighted by molar-refractivity contribution is -0.137. The van der Waals surface area contributed by atoms with Crippen molar-refractivity contribution in [1.29, 1.82) is 0 Å². The van der Waals surface area contributed by atoms with E-state index in [1.54, 1.807) is 4.90 Å². The molecule has 0 aliphatic heterocycles. The number of halogens is 3. The molecule has 1 amide bonds. The number of benzene rings is 1. The molecule has 0 atom stereocenters. The fourth-order valence-corrected chi connectivity index (χ4v) is 4.53. The van der Waals surface area contributed by atoms with Gasteiger partial charge in [0.25, 0.3) is 5.91 Å². The number of amides is 1. The number of hydrogen-bond acceptors (Lipinski definition) is 1. The zero-order chi connectivity index (χ0) is 25.8. The van der Waals surface area contributed by atoms with E-state index in [9.17, 15) is 18.0 Å². The molecule has 0 heterocycles. The largest absolute Gasteiger partial charge is 0.416 e. The number of carbonyl (C=O) groups is 1. The van der Waals surface area contributed by atoms with Crippen LogP contribution < -0.4 is 0 Å². The normalized spacial score (nSPS) is 11.7. The van der Waals surface area contributed by atoms with E-state index in [4.69, 9.17) is 0 Å². The van der Waals surface area contributed by atoms with Crippen LogP contribution in [0.1, 0.15) is 145 Å². The molecule has 0 aromatic heterocycles. The van der Waals surface area contributed by atoms with Gasteiger partial charge in [-0.3, -0.25) is 4.79 Å². The van der Waals surface area contributed by atoms with Crippen molar-refractivity contribution in [2.75, 3.05) is 13.1 Å². The minimum atomic E-state index is -4.43. The maximum atomic E-state index is 13.0. The number of unbranched alkanes of at least 4 members (excludes halogenated alkanes) is 16. The van der Waals surface area contributed by atoms with Crippen molar-refractivity contribution in [3.8, 4) is 0 Å². The second-order valence-corrected chi connectivity index (χ2v) is 10.0. The Kier molecular flexibility index (Phi) is 17.7. The zero-order valence-electron chi connectivity index (χ0n) is 22.4. The SMILES string of the molecule is CCCCCCCCCCCCCCCCCCN(CCCC)C(=O)c1cccc(C(F)(F)F)c1. The summed E-state index contributed by atoms with van der Waals surface area (Å²) in [7, 11) is 0. The van der Waals surface area contributed by atoms with Gasteiger partial charge in [-0.15, -0.1) is 0 Å². The van der Waals surface area contributed by atoms with Gasteiger partial charge in [-0.1, -0.05) is 123 Å². The Bertz CT molecular complexity index is 659. The molecule has 35 heavy (non-hydrogen) atoms. The van der Waals surface area contributed by atoms with E-state index in [0.29, 0.717) is 13.1 Å². The summed E-state index contributed by atoms with van der Waals surface area (Å²) in [6, 6.07) is 4.81. The van der Waals surface area contributed by atoms with E-state index in [1.165, 1.54) is 95.6 Å². The standard InChI is InChI=1S/C30H50F3NO/c1-3-5-7-8-9-10-11-12-13-14-15-16-17-18-19-20-25-34(24-6-4-2)29(35)27-22-21-23-28(26-27)30(31,32)33/h21-23,26H,3-20,24-25H2,1-2H3. The highest BCUT2D eigenvalue weighted by molar-refractivity contribution is 5.94. The highest BCUT2D eigenvalue weighted by atomic mass is 19.4. The topological polar surface area (TPSA) is 20.3 Å². The highest BCUT2D eigenvalue weighted by Crippen LogP contribution is 2.29. The third-order valence-corrected chi connectivity index (χ3v) is 6.79. The van der Waals surface area contributed by atoms with Gasteiger partial charge in [-0.2, -0.15) is 13.2 Å². The highest BCUT2D eigenvalue weighted by Gasteiger charge is 2.31. The molecule has 1 aromatic carbocycles. The Morgan fingerprint density at radius 3 is 1.54 bits per heavy atom. The fourth-order valence-electron chi connectivity index (χ4n) is 4.53. The lowest BCUT2D eigenvalue weighted by atomic mass is 10.0. The summed E-state index contributed by atoms with van der Waals surface area (Å²) in [5, 5.41) is 0. The van der Waals surface area contributed by atoms with E-state index in [1.807, 2.05) is 0 Å². The van der Waals surface area contributed by atoms with Gasteiger partial charge < -0.3 is 4.90 Å². The van der Waals surface area contributed by atoms with Crippen molar-refractivity contribution in [2.45, 2.75) is 136 Å². The quantitative estimate of drug-likeness (QED) is 0.155. The van der Waals surface area contributed by atoms with Crippen molar-refractivity contribution in [3.05, 3.63) is 35.4 Å². The van der Waals surface area contributed by atoms with E-state index >= 15 is 0 Å². The van der Waals surface area contributed by atoms with Gasteiger partial charge in [-0.25, -0.2) is 0 Å². The summed E-state index contributed by atoms with van der Waals surface area (Å²) < 4.78 is 39.1. The predicted octanol–water partition coefficient (Wildman–Crippen LogP) is 10.2. The van der Waals surface area contributed by atoms with Crippen LogP contribution in [-0.2, 0) is 6.18 Å². The van der Waals surface area contributed by atoms with Crippen molar-refractivity contribution in [1.82, 2.24) is 4.90 Å². The van der Waals surface area contributed by atoms with Crippen LogP contribution in [0.3, 0.4) is 0 Å². The van der Waals surface area contributed by atoms with Gasteiger partial charge in [0.2, 0.25) is 0 Å². The average molecular weight is 498 g/mol. The molecule has 0 fully saturated rings. The monoisotopic (exact) mass is 497 g/mol. The van der Waals surface area contributed by atoms with E-state index in [2.05, 4.69) is 13.8 Å². The lowest BCUT2D eigenvalue weighted by Crippen LogP contribution is -2.33. The molecule has 0 radical (unpaired) electrons. The first kappa shape index (κ1) is 31.5. The molecule has 1 rings (SSSR count). The first-order valence-corrected chi connectivity index (χ1v) is 14.4. The van der Waals surface area contributed by atoms with Crippen molar-refractivity contribution >= 4 is 5.91 Å². The van der Waals surface area contributed by atoms with E-state index in [0.717, 1.165) is 44.2 Å². The summed E-state index contributed by atoms with van der Waals surface area (Å²) in [4.78, 5) is 14.6. The Labute approximate surface area is 213 Å². The predicted molar refractivity (Wildman–Crippen MR) is 142 cm³/mol.